The van der Waals surface area contributed by atoms with Crippen LogP contribution < -0.4 is 9.47 Å². The second-order valence-corrected chi connectivity index (χ2v) is 5.30. The minimum absolute atomic E-state index is 0.0998. The zero-order valence-corrected chi connectivity index (χ0v) is 11.8. The van der Waals surface area contributed by atoms with E-state index in [0.29, 0.717) is 0 Å². The van der Waals surface area contributed by atoms with Gasteiger partial charge in [-0.3, -0.25) is 0 Å². The summed E-state index contributed by atoms with van der Waals surface area (Å²) in [4.78, 5) is 0. The molecule has 2 aliphatic rings. The van der Waals surface area contributed by atoms with E-state index in [9.17, 15) is 0 Å². The van der Waals surface area contributed by atoms with Gasteiger partial charge in [-0.25, -0.2) is 0 Å². The number of benzene rings is 1. The van der Waals surface area contributed by atoms with E-state index in [1.807, 2.05) is 24.3 Å². The van der Waals surface area contributed by atoms with Crippen LogP contribution in [0.15, 0.2) is 24.3 Å². The van der Waals surface area contributed by atoms with Crippen molar-refractivity contribution in [2.24, 2.45) is 0 Å². The summed E-state index contributed by atoms with van der Waals surface area (Å²) in [6.07, 6.45) is 6.34. The van der Waals surface area contributed by atoms with Gasteiger partial charge in [-0.15, -0.1) is 0 Å². The minimum atomic E-state index is -0.0998. The molecule has 4 nitrogen and oxygen atoms in total. The second kappa shape index (κ2) is 6.95. The summed E-state index contributed by atoms with van der Waals surface area (Å²) < 4.78 is 22.7. The van der Waals surface area contributed by atoms with Gasteiger partial charge in [0.15, 0.2) is 12.6 Å². The van der Waals surface area contributed by atoms with Gasteiger partial charge in [-0.1, -0.05) is 0 Å². The van der Waals surface area contributed by atoms with Gasteiger partial charge in [0.1, 0.15) is 11.5 Å². The Labute approximate surface area is 120 Å². The lowest BCUT2D eigenvalue weighted by atomic mass is 10.2. The molecule has 0 bridgehead atoms. The van der Waals surface area contributed by atoms with E-state index >= 15 is 0 Å². The van der Waals surface area contributed by atoms with Gasteiger partial charge in [-0.05, 0) is 49.9 Å². The van der Waals surface area contributed by atoms with E-state index in [-0.39, 0.29) is 12.6 Å². The summed E-state index contributed by atoms with van der Waals surface area (Å²) in [7, 11) is 0. The molecule has 2 aliphatic heterocycles. The van der Waals surface area contributed by atoms with Crippen LogP contribution in [0.4, 0.5) is 0 Å². The zero-order valence-electron chi connectivity index (χ0n) is 11.8. The molecule has 2 saturated heterocycles. The molecule has 2 fully saturated rings. The van der Waals surface area contributed by atoms with Crippen molar-refractivity contribution in [3.8, 4) is 11.5 Å². The fraction of sp³-hybridized carbons (Fsp3) is 0.625. The van der Waals surface area contributed by atoms with Crippen molar-refractivity contribution in [1.29, 1.82) is 0 Å². The first-order chi connectivity index (χ1) is 9.90. The Bertz CT molecular complexity index is 352. The van der Waals surface area contributed by atoms with Gasteiger partial charge in [0.2, 0.25) is 0 Å². The van der Waals surface area contributed by atoms with Crippen LogP contribution in [0.1, 0.15) is 38.5 Å². The van der Waals surface area contributed by atoms with Crippen LogP contribution in [0.5, 0.6) is 11.5 Å². The molecule has 0 spiro atoms. The van der Waals surface area contributed by atoms with E-state index in [4.69, 9.17) is 18.9 Å². The van der Waals surface area contributed by atoms with Gasteiger partial charge in [0, 0.05) is 12.8 Å². The van der Waals surface area contributed by atoms with Gasteiger partial charge in [0.25, 0.3) is 0 Å². The summed E-state index contributed by atoms with van der Waals surface area (Å²) in [5.41, 5.74) is 0. The van der Waals surface area contributed by atoms with Crippen LogP contribution >= 0.6 is 0 Å². The molecule has 1 aromatic rings. The molecule has 20 heavy (non-hydrogen) atoms. The first kappa shape index (κ1) is 13.7. The van der Waals surface area contributed by atoms with Crippen molar-refractivity contribution < 1.29 is 18.9 Å². The topological polar surface area (TPSA) is 36.9 Å². The highest BCUT2D eigenvalue weighted by Crippen LogP contribution is 2.24. The Kier molecular flexibility index (Phi) is 4.77. The third-order valence-electron chi connectivity index (χ3n) is 3.63. The van der Waals surface area contributed by atoms with Gasteiger partial charge >= 0.3 is 0 Å². The number of rotatable bonds is 4. The molecule has 110 valence electrons. The van der Waals surface area contributed by atoms with Gasteiger partial charge in [0.05, 0.1) is 13.2 Å². The van der Waals surface area contributed by atoms with Crippen molar-refractivity contribution in [2.45, 2.75) is 51.1 Å². The monoisotopic (exact) mass is 278 g/mol. The van der Waals surface area contributed by atoms with Crippen molar-refractivity contribution in [3.63, 3.8) is 0 Å². The predicted octanol–water partition coefficient (Wildman–Crippen LogP) is 3.50. The Morgan fingerprint density at radius 3 is 1.50 bits per heavy atom. The van der Waals surface area contributed by atoms with Crippen molar-refractivity contribution in [1.82, 2.24) is 0 Å². The van der Waals surface area contributed by atoms with Crippen molar-refractivity contribution >= 4 is 0 Å². The summed E-state index contributed by atoms with van der Waals surface area (Å²) in [5.74, 6) is 1.66. The quantitative estimate of drug-likeness (QED) is 0.844. The summed E-state index contributed by atoms with van der Waals surface area (Å²) in [6, 6.07) is 7.71. The van der Waals surface area contributed by atoms with E-state index in [0.717, 1.165) is 50.4 Å². The van der Waals surface area contributed by atoms with E-state index < -0.39 is 0 Å². The second-order valence-electron chi connectivity index (χ2n) is 5.30. The lowest BCUT2D eigenvalue weighted by molar-refractivity contribution is -0.107. The Hall–Kier alpha value is -1.26. The van der Waals surface area contributed by atoms with Crippen LogP contribution in [0.3, 0.4) is 0 Å². The van der Waals surface area contributed by atoms with Crippen LogP contribution in [0, 0.1) is 0 Å². The fourth-order valence-electron chi connectivity index (χ4n) is 2.51. The number of ether oxygens (including phenoxy) is 4. The molecular weight excluding hydrogens is 256 g/mol. The van der Waals surface area contributed by atoms with Crippen molar-refractivity contribution in [2.75, 3.05) is 13.2 Å². The minimum Gasteiger partial charge on any atom is -0.465 e. The first-order valence-electron chi connectivity index (χ1n) is 7.57. The first-order valence-corrected chi connectivity index (χ1v) is 7.57. The third kappa shape index (κ3) is 3.87. The average molecular weight is 278 g/mol. The van der Waals surface area contributed by atoms with Gasteiger partial charge < -0.3 is 18.9 Å². The fourth-order valence-corrected chi connectivity index (χ4v) is 2.51. The largest absolute Gasteiger partial charge is 0.465 e. The average Bonchev–Trinajstić information content (AvgIpc) is 2.51. The maximum Gasteiger partial charge on any atom is 0.199 e. The standard InChI is InChI=1S/C16H22O4/c1-3-11-17-15(5-1)19-13-7-9-14(10-8-13)20-16-6-2-4-12-18-16/h7-10,15-16H,1-6,11-12H2/t15-,16-/m1/s1. The third-order valence-corrected chi connectivity index (χ3v) is 3.63. The highest BCUT2D eigenvalue weighted by Gasteiger charge is 2.16. The molecule has 0 N–H and O–H groups in total. The number of hydrogen-bond acceptors (Lipinski definition) is 4. The Morgan fingerprint density at radius 2 is 1.15 bits per heavy atom. The molecule has 2 atom stereocenters. The maximum absolute atomic E-state index is 5.79. The van der Waals surface area contributed by atoms with Gasteiger partial charge in [-0.2, -0.15) is 0 Å². The molecule has 4 heteroatoms. The number of hydrogen-bond donors (Lipinski definition) is 0. The smallest absolute Gasteiger partial charge is 0.199 e. The summed E-state index contributed by atoms with van der Waals surface area (Å²) in [6.45, 7) is 1.59. The van der Waals surface area contributed by atoms with Crippen LogP contribution in [-0.2, 0) is 9.47 Å². The molecule has 0 aliphatic carbocycles. The Balaban J connectivity index is 1.51. The van der Waals surface area contributed by atoms with E-state index in [1.165, 1.54) is 12.8 Å². The zero-order chi connectivity index (χ0) is 13.6. The predicted molar refractivity (Wildman–Crippen MR) is 74.9 cm³/mol. The molecule has 3 rings (SSSR count). The molecule has 2 heterocycles. The summed E-state index contributed by atoms with van der Waals surface area (Å²) >= 11 is 0. The normalized spacial score (nSPS) is 27.0. The van der Waals surface area contributed by atoms with E-state index in [1.54, 1.807) is 0 Å². The molecule has 1 aromatic carbocycles. The van der Waals surface area contributed by atoms with Crippen molar-refractivity contribution in [3.05, 3.63) is 24.3 Å². The molecule has 0 radical (unpaired) electrons. The van der Waals surface area contributed by atoms with Crippen LogP contribution in [-0.4, -0.2) is 25.8 Å². The lowest BCUT2D eigenvalue weighted by Gasteiger charge is -2.24. The highest BCUT2D eigenvalue weighted by atomic mass is 16.7. The van der Waals surface area contributed by atoms with Crippen LogP contribution in [0.2, 0.25) is 0 Å². The SMILES string of the molecule is c1cc(O[C@@H]2CCCCO2)ccc1O[C@@H]1CCCCO1. The Morgan fingerprint density at radius 1 is 0.700 bits per heavy atom. The molecule has 0 saturated carbocycles. The molecule has 0 amide bonds. The van der Waals surface area contributed by atoms with Crippen LogP contribution in [0.25, 0.3) is 0 Å². The molecule has 0 aromatic heterocycles. The molecule has 0 unspecified atom stereocenters. The van der Waals surface area contributed by atoms with E-state index in [2.05, 4.69) is 0 Å². The lowest BCUT2D eigenvalue weighted by Crippen LogP contribution is -2.25. The molecular formula is C16H22O4. The highest BCUT2D eigenvalue weighted by molar-refractivity contribution is 5.31. The maximum atomic E-state index is 5.79. The summed E-state index contributed by atoms with van der Waals surface area (Å²) in [5, 5.41) is 0.